The van der Waals surface area contributed by atoms with E-state index in [1.165, 1.54) is 0 Å². The lowest BCUT2D eigenvalue weighted by Crippen LogP contribution is -2.51. The van der Waals surface area contributed by atoms with Gasteiger partial charge in [-0.25, -0.2) is 9.78 Å². The number of benzene rings is 1. The number of fused-ring (bicyclic) bond motifs is 1. The summed E-state index contributed by atoms with van der Waals surface area (Å²) in [5, 5.41) is 17.4. The number of phenolic OH excluding ortho intramolecular Hbond substituents is 1. The van der Waals surface area contributed by atoms with E-state index in [-0.39, 0.29) is 17.7 Å². The number of carbonyl (C=O) groups is 2. The molecule has 1 saturated heterocycles. The molecule has 1 aliphatic rings. The van der Waals surface area contributed by atoms with E-state index >= 15 is 0 Å². The third-order valence-electron chi connectivity index (χ3n) is 5.32. The summed E-state index contributed by atoms with van der Waals surface area (Å²) in [5.74, 6) is 0.0251. The van der Waals surface area contributed by atoms with Crippen LogP contribution in [0.1, 0.15) is 36.8 Å². The Bertz CT molecular complexity index is 1160. The van der Waals surface area contributed by atoms with E-state index in [1.807, 2.05) is 27.7 Å². The number of carbonyl (C=O) groups excluding carboxylic acids is 2. The number of H-pyrrole nitrogens is 1. The van der Waals surface area contributed by atoms with Crippen LogP contribution in [0.3, 0.4) is 0 Å². The highest BCUT2D eigenvalue weighted by atomic mass is 16.6. The lowest BCUT2D eigenvalue weighted by atomic mass is 10.0. The van der Waals surface area contributed by atoms with Crippen molar-refractivity contribution in [1.29, 1.82) is 0 Å². The molecule has 3 aromatic rings. The fourth-order valence-electron chi connectivity index (χ4n) is 3.72. The Morgan fingerprint density at radius 2 is 1.69 bits per heavy atom. The molecule has 1 aliphatic heterocycles. The van der Waals surface area contributed by atoms with Crippen molar-refractivity contribution in [3.05, 3.63) is 41.6 Å². The maximum atomic E-state index is 13.5. The lowest BCUT2D eigenvalue weighted by molar-refractivity contribution is 0.0141. The number of hydrogen-bond acceptors (Lipinski definition) is 6. The molecular formula is C23H27N5O4. The number of aryl methyl sites for hydroxylation is 1. The van der Waals surface area contributed by atoms with Gasteiger partial charge in [-0.2, -0.15) is 5.10 Å². The van der Waals surface area contributed by atoms with Gasteiger partial charge in [0, 0.05) is 31.7 Å². The van der Waals surface area contributed by atoms with E-state index in [4.69, 9.17) is 4.74 Å². The molecule has 0 bridgehead atoms. The monoisotopic (exact) mass is 437 g/mol. The summed E-state index contributed by atoms with van der Waals surface area (Å²) in [6, 6.07) is 8.43. The first-order chi connectivity index (χ1) is 15.1. The average Bonchev–Trinajstić information content (AvgIpc) is 3.13. The zero-order valence-corrected chi connectivity index (χ0v) is 18.7. The fraction of sp³-hybridized carbons (Fsp3) is 0.391. The van der Waals surface area contributed by atoms with E-state index in [0.717, 1.165) is 5.56 Å². The van der Waals surface area contributed by atoms with Crippen LogP contribution in [0.4, 0.5) is 4.79 Å². The van der Waals surface area contributed by atoms with Gasteiger partial charge in [-0.1, -0.05) is 0 Å². The van der Waals surface area contributed by atoms with Crippen molar-refractivity contribution in [1.82, 2.24) is 25.0 Å². The first-order valence-electron chi connectivity index (χ1n) is 10.5. The van der Waals surface area contributed by atoms with E-state index in [1.54, 1.807) is 40.1 Å². The molecule has 2 amide bonds. The van der Waals surface area contributed by atoms with Crippen molar-refractivity contribution in [2.45, 2.75) is 33.3 Å². The van der Waals surface area contributed by atoms with Crippen LogP contribution in [0.25, 0.3) is 22.3 Å². The molecule has 0 unspecified atom stereocenters. The molecule has 0 spiro atoms. The number of aromatic nitrogens is 3. The Balaban J connectivity index is 1.59. The van der Waals surface area contributed by atoms with Gasteiger partial charge in [-0.15, -0.1) is 0 Å². The van der Waals surface area contributed by atoms with Crippen LogP contribution in [0.2, 0.25) is 0 Å². The number of hydrogen-bond donors (Lipinski definition) is 2. The molecule has 9 heteroatoms. The van der Waals surface area contributed by atoms with Crippen LogP contribution in [-0.2, 0) is 4.74 Å². The summed E-state index contributed by atoms with van der Waals surface area (Å²) in [7, 11) is 0. The molecule has 32 heavy (non-hydrogen) atoms. The molecule has 4 rings (SSSR count). The Morgan fingerprint density at radius 3 is 2.31 bits per heavy atom. The second kappa shape index (κ2) is 8.14. The van der Waals surface area contributed by atoms with E-state index in [9.17, 15) is 14.7 Å². The molecular weight excluding hydrogens is 410 g/mol. The normalized spacial score (nSPS) is 14.6. The zero-order valence-electron chi connectivity index (χ0n) is 18.7. The Kier molecular flexibility index (Phi) is 5.50. The van der Waals surface area contributed by atoms with Gasteiger partial charge in [0.2, 0.25) is 0 Å². The number of aromatic amines is 1. The van der Waals surface area contributed by atoms with Gasteiger partial charge in [0.05, 0.1) is 22.3 Å². The SMILES string of the molecule is Cc1n[nH]c2nc(-c3ccc(O)cc3)cc(C(=O)N3CCN(C(=O)OC(C)(C)C)CC3)c12. The first kappa shape index (κ1) is 21.6. The number of rotatable bonds is 2. The minimum Gasteiger partial charge on any atom is -0.508 e. The predicted molar refractivity (Wildman–Crippen MR) is 119 cm³/mol. The van der Waals surface area contributed by atoms with Crippen molar-refractivity contribution in [2.24, 2.45) is 0 Å². The second-order valence-corrected chi connectivity index (χ2v) is 8.89. The molecule has 0 aliphatic carbocycles. The fourth-order valence-corrected chi connectivity index (χ4v) is 3.72. The van der Waals surface area contributed by atoms with Crippen molar-refractivity contribution >= 4 is 23.0 Å². The van der Waals surface area contributed by atoms with Crippen molar-refractivity contribution in [3.63, 3.8) is 0 Å². The van der Waals surface area contributed by atoms with Gasteiger partial charge in [-0.05, 0) is 58.0 Å². The van der Waals surface area contributed by atoms with Gasteiger partial charge >= 0.3 is 6.09 Å². The van der Waals surface area contributed by atoms with Gasteiger partial charge in [0.15, 0.2) is 5.65 Å². The summed E-state index contributed by atoms with van der Waals surface area (Å²) < 4.78 is 5.44. The molecule has 168 valence electrons. The maximum Gasteiger partial charge on any atom is 0.410 e. The highest BCUT2D eigenvalue weighted by molar-refractivity contribution is 6.07. The quantitative estimate of drug-likeness (QED) is 0.636. The average molecular weight is 438 g/mol. The Labute approximate surface area is 186 Å². The first-order valence-corrected chi connectivity index (χ1v) is 10.5. The molecule has 1 aromatic carbocycles. The second-order valence-electron chi connectivity index (χ2n) is 8.89. The van der Waals surface area contributed by atoms with Gasteiger partial charge in [0.1, 0.15) is 11.4 Å². The predicted octanol–water partition coefficient (Wildman–Crippen LogP) is 3.33. The topological polar surface area (TPSA) is 112 Å². The lowest BCUT2D eigenvalue weighted by Gasteiger charge is -2.35. The largest absolute Gasteiger partial charge is 0.508 e. The highest BCUT2D eigenvalue weighted by Crippen LogP contribution is 2.28. The van der Waals surface area contributed by atoms with Crippen LogP contribution in [0.15, 0.2) is 30.3 Å². The van der Waals surface area contributed by atoms with Crippen LogP contribution in [0, 0.1) is 6.92 Å². The summed E-state index contributed by atoms with van der Waals surface area (Å²) in [6.45, 7) is 8.96. The van der Waals surface area contributed by atoms with Crippen molar-refractivity contribution in [2.75, 3.05) is 26.2 Å². The number of nitrogens with one attached hydrogen (secondary N) is 1. The van der Waals surface area contributed by atoms with Crippen LogP contribution < -0.4 is 0 Å². The molecule has 2 N–H and O–H groups in total. The van der Waals surface area contributed by atoms with Gasteiger partial charge in [0.25, 0.3) is 5.91 Å². The molecule has 0 radical (unpaired) electrons. The number of aromatic hydroxyl groups is 1. The van der Waals surface area contributed by atoms with Gasteiger partial charge < -0.3 is 19.6 Å². The third kappa shape index (κ3) is 4.37. The smallest absolute Gasteiger partial charge is 0.410 e. The summed E-state index contributed by atoms with van der Waals surface area (Å²) in [6.07, 6.45) is -0.365. The van der Waals surface area contributed by atoms with Crippen LogP contribution >= 0.6 is 0 Å². The summed E-state index contributed by atoms with van der Waals surface area (Å²) in [5.41, 5.74) is 2.56. The summed E-state index contributed by atoms with van der Waals surface area (Å²) in [4.78, 5) is 33.8. The summed E-state index contributed by atoms with van der Waals surface area (Å²) >= 11 is 0. The number of piperazine rings is 1. The molecule has 0 atom stereocenters. The number of amides is 2. The third-order valence-corrected chi connectivity index (χ3v) is 5.32. The highest BCUT2D eigenvalue weighted by Gasteiger charge is 2.29. The minimum absolute atomic E-state index is 0.134. The molecule has 2 aromatic heterocycles. The minimum atomic E-state index is -0.559. The number of ether oxygens (including phenoxy) is 1. The van der Waals surface area contributed by atoms with Crippen LogP contribution in [-0.4, -0.2) is 73.9 Å². The zero-order chi connectivity index (χ0) is 23.0. The Hall–Kier alpha value is -3.62. The molecule has 3 heterocycles. The standard InChI is InChI=1S/C23H27N5O4/c1-14-19-17(13-18(24-20(19)26-25-14)15-5-7-16(29)8-6-15)21(30)27-9-11-28(12-10-27)22(31)32-23(2,3)4/h5-8,13,29H,9-12H2,1-4H3,(H,24,25,26). The van der Waals surface area contributed by atoms with E-state index in [2.05, 4.69) is 15.2 Å². The van der Waals surface area contributed by atoms with E-state index in [0.29, 0.717) is 54.2 Å². The van der Waals surface area contributed by atoms with Crippen molar-refractivity contribution in [3.8, 4) is 17.0 Å². The van der Waals surface area contributed by atoms with E-state index < -0.39 is 5.60 Å². The molecule has 1 fully saturated rings. The van der Waals surface area contributed by atoms with Crippen molar-refractivity contribution < 1.29 is 19.4 Å². The van der Waals surface area contributed by atoms with Gasteiger partial charge in [-0.3, -0.25) is 9.89 Å². The molecule has 9 nitrogen and oxygen atoms in total. The van der Waals surface area contributed by atoms with Crippen LogP contribution in [0.5, 0.6) is 5.75 Å². The maximum absolute atomic E-state index is 13.5. The number of nitrogens with zero attached hydrogens (tertiary/aromatic N) is 4. The Morgan fingerprint density at radius 1 is 1.06 bits per heavy atom. The number of phenols is 1. The molecule has 0 saturated carbocycles. The number of pyridine rings is 1.